The Labute approximate surface area is 123 Å². The van der Waals surface area contributed by atoms with Gasteiger partial charge in [-0.25, -0.2) is 4.39 Å². The number of rotatable bonds is 7. The van der Waals surface area contributed by atoms with Gasteiger partial charge in [0.15, 0.2) is 0 Å². The van der Waals surface area contributed by atoms with Crippen molar-refractivity contribution in [3.05, 3.63) is 35.6 Å². The number of carbonyl (C=O) groups is 2. The van der Waals surface area contributed by atoms with Crippen LogP contribution in [0.25, 0.3) is 0 Å². The van der Waals surface area contributed by atoms with Crippen LogP contribution in [0.3, 0.4) is 0 Å². The maximum absolute atomic E-state index is 12.8. The smallest absolute Gasteiger partial charge is 0.249 e. The summed E-state index contributed by atoms with van der Waals surface area (Å²) in [5.41, 5.74) is 5.92. The molecule has 5 nitrogen and oxygen atoms in total. The molecule has 21 heavy (non-hydrogen) atoms. The molecule has 0 heterocycles. The van der Waals surface area contributed by atoms with E-state index in [2.05, 4.69) is 5.32 Å². The van der Waals surface area contributed by atoms with E-state index in [9.17, 15) is 19.1 Å². The van der Waals surface area contributed by atoms with E-state index in [1.807, 2.05) is 13.8 Å². The predicted octanol–water partition coefficient (Wildman–Crippen LogP) is 0.745. The first-order chi connectivity index (χ1) is 9.79. The SMILES string of the molecule is CC(C)C[C@@H](O)C(=O)N[C@H](Cc1ccc(F)cc1)C(N)=O. The summed E-state index contributed by atoms with van der Waals surface area (Å²) >= 11 is 0. The first-order valence-electron chi connectivity index (χ1n) is 6.81. The molecule has 4 N–H and O–H groups in total. The highest BCUT2D eigenvalue weighted by Crippen LogP contribution is 2.08. The third-order valence-electron chi connectivity index (χ3n) is 3.01. The summed E-state index contributed by atoms with van der Waals surface area (Å²) in [6, 6.07) is 4.63. The lowest BCUT2D eigenvalue weighted by Crippen LogP contribution is -2.49. The molecule has 2 amide bonds. The zero-order valence-corrected chi connectivity index (χ0v) is 12.2. The fraction of sp³-hybridized carbons (Fsp3) is 0.467. The topological polar surface area (TPSA) is 92.4 Å². The number of hydrogen-bond donors (Lipinski definition) is 3. The van der Waals surface area contributed by atoms with E-state index in [1.54, 1.807) is 0 Å². The number of nitrogens with two attached hydrogens (primary N) is 1. The van der Waals surface area contributed by atoms with Gasteiger partial charge in [0.1, 0.15) is 18.0 Å². The molecule has 0 aromatic heterocycles. The second-order valence-electron chi connectivity index (χ2n) is 5.44. The zero-order chi connectivity index (χ0) is 16.0. The summed E-state index contributed by atoms with van der Waals surface area (Å²) in [4.78, 5) is 23.2. The maximum atomic E-state index is 12.8. The van der Waals surface area contributed by atoms with Gasteiger partial charge in [-0.15, -0.1) is 0 Å². The molecule has 1 rings (SSSR count). The average Bonchev–Trinajstić information content (AvgIpc) is 2.39. The molecule has 0 saturated heterocycles. The molecule has 0 spiro atoms. The number of hydrogen-bond acceptors (Lipinski definition) is 3. The second-order valence-corrected chi connectivity index (χ2v) is 5.44. The molecule has 0 aliphatic rings. The fourth-order valence-corrected chi connectivity index (χ4v) is 1.90. The number of amides is 2. The van der Waals surface area contributed by atoms with Gasteiger partial charge in [-0.05, 0) is 30.0 Å². The second kappa shape index (κ2) is 7.73. The van der Waals surface area contributed by atoms with Crippen LogP contribution in [0.4, 0.5) is 4.39 Å². The number of primary amides is 1. The Morgan fingerprint density at radius 2 is 1.86 bits per heavy atom. The van der Waals surface area contributed by atoms with E-state index in [-0.39, 0.29) is 18.2 Å². The van der Waals surface area contributed by atoms with Crippen LogP contribution in [0.5, 0.6) is 0 Å². The molecule has 0 unspecified atom stereocenters. The van der Waals surface area contributed by atoms with Gasteiger partial charge in [0.2, 0.25) is 11.8 Å². The summed E-state index contributed by atoms with van der Waals surface area (Å²) in [5, 5.41) is 12.1. The van der Waals surface area contributed by atoms with Gasteiger partial charge in [-0.1, -0.05) is 26.0 Å². The summed E-state index contributed by atoms with van der Waals surface area (Å²) < 4.78 is 12.8. The van der Waals surface area contributed by atoms with Crippen molar-refractivity contribution in [2.45, 2.75) is 38.8 Å². The Morgan fingerprint density at radius 3 is 2.33 bits per heavy atom. The van der Waals surface area contributed by atoms with Crippen LogP contribution in [0.1, 0.15) is 25.8 Å². The molecular weight excluding hydrogens is 275 g/mol. The predicted molar refractivity (Wildman–Crippen MR) is 76.7 cm³/mol. The molecule has 0 aliphatic heterocycles. The number of aliphatic hydroxyl groups is 1. The first kappa shape index (κ1) is 17.1. The molecule has 0 radical (unpaired) electrons. The van der Waals surface area contributed by atoms with Crippen LogP contribution in [0, 0.1) is 11.7 Å². The summed E-state index contributed by atoms with van der Waals surface area (Å²) in [7, 11) is 0. The van der Waals surface area contributed by atoms with Gasteiger partial charge < -0.3 is 16.2 Å². The lowest BCUT2D eigenvalue weighted by molar-refractivity contribution is -0.133. The first-order valence-corrected chi connectivity index (χ1v) is 6.81. The van der Waals surface area contributed by atoms with Gasteiger partial charge in [-0.3, -0.25) is 9.59 Å². The van der Waals surface area contributed by atoms with Crippen LogP contribution in [-0.2, 0) is 16.0 Å². The highest BCUT2D eigenvalue weighted by Gasteiger charge is 2.23. The molecule has 116 valence electrons. The van der Waals surface area contributed by atoms with Crippen molar-refractivity contribution in [2.24, 2.45) is 11.7 Å². The van der Waals surface area contributed by atoms with Gasteiger partial charge in [0.05, 0.1) is 0 Å². The monoisotopic (exact) mass is 296 g/mol. The van der Waals surface area contributed by atoms with Crippen molar-refractivity contribution in [3.8, 4) is 0 Å². The lowest BCUT2D eigenvalue weighted by Gasteiger charge is -2.19. The highest BCUT2D eigenvalue weighted by molar-refractivity contribution is 5.88. The third kappa shape index (κ3) is 5.91. The van der Waals surface area contributed by atoms with Crippen LogP contribution in [0.2, 0.25) is 0 Å². The maximum Gasteiger partial charge on any atom is 0.249 e. The van der Waals surface area contributed by atoms with Gasteiger partial charge in [0, 0.05) is 6.42 Å². The molecule has 1 aromatic rings. The van der Waals surface area contributed by atoms with Crippen molar-refractivity contribution in [1.29, 1.82) is 0 Å². The lowest BCUT2D eigenvalue weighted by atomic mass is 10.0. The summed E-state index contributed by atoms with van der Waals surface area (Å²) in [6.07, 6.45) is -0.732. The Bertz CT molecular complexity index is 488. The van der Waals surface area contributed by atoms with Crippen LogP contribution in [0.15, 0.2) is 24.3 Å². The molecule has 1 aromatic carbocycles. The van der Waals surface area contributed by atoms with Crippen LogP contribution < -0.4 is 11.1 Å². The Balaban J connectivity index is 2.67. The van der Waals surface area contributed by atoms with Gasteiger partial charge in [-0.2, -0.15) is 0 Å². The number of halogens is 1. The van der Waals surface area contributed by atoms with Crippen molar-refractivity contribution >= 4 is 11.8 Å². The van der Waals surface area contributed by atoms with Crippen molar-refractivity contribution < 1.29 is 19.1 Å². The average molecular weight is 296 g/mol. The summed E-state index contributed by atoms with van der Waals surface area (Å²) in [6.45, 7) is 3.75. The van der Waals surface area contributed by atoms with E-state index in [0.717, 1.165) is 0 Å². The molecule has 0 fully saturated rings. The molecule has 6 heteroatoms. The molecule has 0 saturated carbocycles. The Kier molecular flexibility index (Phi) is 6.30. The minimum atomic E-state index is -1.18. The van der Waals surface area contributed by atoms with E-state index in [1.165, 1.54) is 24.3 Å². The number of benzene rings is 1. The minimum Gasteiger partial charge on any atom is -0.383 e. The number of carbonyl (C=O) groups excluding carboxylic acids is 2. The Hall–Kier alpha value is -1.95. The number of nitrogens with one attached hydrogen (secondary N) is 1. The molecular formula is C15H21FN2O3. The summed E-state index contributed by atoms with van der Waals surface area (Å²) in [5.74, 6) is -1.57. The quantitative estimate of drug-likeness (QED) is 0.693. The molecule has 2 atom stereocenters. The van der Waals surface area contributed by atoms with Crippen LogP contribution >= 0.6 is 0 Å². The standard InChI is InChI=1S/C15H21FN2O3/c1-9(2)7-13(19)15(21)18-12(14(17)20)8-10-3-5-11(16)6-4-10/h3-6,9,12-13,19H,7-8H2,1-2H3,(H2,17,20)(H,18,21)/t12-,13-/m1/s1. The van der Waals surface area contributed by atoms with Gasteiger partial charge >= 0.3 is 0 Å². The third-order valence-corrected chi connectivity index (χ3v) is 3.01. The fourth-order valence-electron chi connectivity index (χ4n) is 1.90. The van der Waals surface area contributed by atoms with E-state index in [4.69, 9.17) is 5.73 Å². The van der Waals surface area contributed by atoms with Crippen molar-refractivity contribution in [1.82, 2.24) is 5.32 Å². The molecule has 0 bridgehead atoms. The largest absolute Gasteiger partial charge is 0.383 e. The van der Waals surface area contributed by atoms with E-state index < -0.39 is 24.0 Å². The van der Waals surface area contributed by atoms with E-state index >= 15 is 0 Å². The minimum absolute atomic E-state index is 0.148. The number of aliphatic hydroxyl groups excluding tert-OH is 1. The van der Waals surface area contributed by atoms with Crippen LogP contribution in [-0.4, -0.2) is 29.1 Å². The van der Waals surface area contributed by atoms with Crippen molar-refractivity contribution in [2.75, 3.05) is 0 Å². The van der Waals surface area contributed by atoms with E-state index in [0.29, 0.717) is 12.0 Å². The molecule has 0 aliphatic carbocycles. The highest BCUT2D eigenvalue weighted by atomic mass is 19.1. The Morgan fingerprint density at radius 1 is 1.29 bits per heavy atom. The zero-order valence-electron chi connectivity index (χ0n) is 12.2. The van der Waals surface area contributed by atoms with Gasteiger partial charge in [0.25, 0.3) is 0 Å². The van der Waals surface area contributed by atoms with Crippen molar-refractivity contribution in [3.63, 3.8) is 0 Å². The normalized spacial score (nSPS) is 13.8.